The van der Waals surface area contributed by atoms with Crippen molar-refractivity contribution in [1.29, 1.82) is 5.26 Å². The lowest BCUT2D eigenvalue weighted by Gasteiger charge is -2.42. The van der Waals surface area contributed by atoms with Gasteiger partial charge in [-0.25, -0.2) is 0 Å². The van der Waals surface area contributed by atoms with E-state index in [1.54, 1.807) is 4.90 Å². The topological polar surface area (TPSA) is 59.4 Å². The Hall–Kier alpha value is -3.78. The Labute approximate surface area is 183 Å². The summed E-state index contributed by atoms with van der Waals surface area (Å²) >= 11 is 0. The predicted molar refractivity (Wildman–Crippen MR) is 127 cm³/mol. The maximum Gasteiger partial charge on any atom is 0.249 e. The molecule has 0 saturated heterocycles. The molecule has 5 nitrogen and oxygen atoms in total. The molecule has 0 aliphatic carbocycles. The second kappa shape index (κ2) is 8.16. The summed E-state index contributed by atoms with van der Waals surface area (Å²) in [6.07, 6.45) is 0. The number of benzene rings is 3. The summed E-state index contributed by atoms with van der Waals surface area (Å²) in [7, 11) is 1.83. The van der Waals surface area contributed by atoms with Crippen LogP contribution in [0.5, 0.6) is 0 Å². The van der Waals surface area contributed by atoms with Gasteiger partial charge in [-0.3, -0.25) is 4.79 Å². The second-order valence-corrected chi connectivity index (χ2v) is 8.18. The number of carbonyl (C=O) groups excluding carboxylic acids is 1. The van der Waals surface area contributed by atoms with Gasteiger partial charge in [0.15, 0.2) is 0 Å². The highest BCUT2D eigenvalue weighted by Crippen LogP contribution is 2.39. The number of hydrogen-bond donors (Lipinski definition) is 1. The average Bonchev–Trinajstić information content (AvgIpc) is 2.77. The number of nitrogens with one attached hydrogen (secondary N) is 1. The van der Waals surface area contributed by atoms with Crippen molar-refractivity contribution >= 4 is 28.7 Å². The fourth-order valence-corrected chi connectivity index (χ4v) is 4.26. The van der Waals surface area contributed by atoms with Crippen LogP contribution in [0.15, 0.2) is 66.7 Å². The van der Waals surface area contributed by atoms with Crippen molar-refractivity contribution in [2.45, 2.75) is 32.9 Å². The molecule has 31 heavy (non-hydrogen) atoms. The van der Waals surface area contributed by atoms with Crippen LogP contribution in [0.2, 0.25) is 0 Å². The number of anilines is 4. The Kier molecular flexibility index (Phi) is 5.39. The van der Waals surface area contributed by atoms with Crippen molar-refractivity contribution < 1.29 is 4.79 Å². The average molecular weight is 411 g/mol. The van der Waals surface area contributed by atoms with E-state index in [1.807, 2.05) is 68.6 Å². The van der Waals surface area contributed by atoms with E-state index in [-0.39, 0.29) is 18.0 Å². The molecule has 1 amide bonds. The summed E-state index contributed by atoms with van der Waals surface area (Å²) in [4.78, 5) is 16.6. The predicted octanol–water partition coefficient (Wildman–Crippen LogP) is 5.55. The highest BCUT2D eigenvalue weighted by Gasteiger charge is 2.34. The molecule has 1 aliphatic rings. The maximum atomic E-state index is 12.6. The van der Waals surface area contributed by atoms with Gasteiger partial charge in [0.1, 0.15) is 6.04 Å². The molecule has 156 valence electrons. The van der Waals surface area contributed by atoms with Crippen LogP contribution in [0.1, 0.15) is 26.3 Å². The lowest BCUT2D eigenvalue weighted by atomic mass is 10.0. The third-order valence-electron chi connectivity index (χ3n) is 5.75. The third-order valence-corrected chi connectivity index (χ3v) is 5.75. The first-order chi connectivity index (χ1) is 14.9. The molecule has 3 aromatic carbocycles. The monoisotopic (exact) mass is 410 g/mol. The van der Waals surface area contributed by atoms with Gasteiger partial charge in [0.25, 0.3) is 0 Å². The van der Waals surface area contributed by atoms with Gasteiger partial charge in [0, 0.05) is 24.5 Å². The van der Waals surface area contributed by atoms with Crippen LogP contribution >= 0.6 is 0 Å². The van der Waals surface area contributed by atoms with E-state index in [9.17, 15) is 10.1 Å². The fraction of sp³-hybridized carbons (Fsp3) is 0.231. The van der Waals surface area contributed by atoms with Gasteiger partial charge in [-0.15, -0.1) is 0 Å². The molecule has 0 fully saturated rings. The number of likely N-dealkylation sites (N-methyl/N-ethyl adjacent to an activating group) is 1. The zero-order valence-corrected chi connectivity index (χ0v) is 18.3. The van der Waals surface area contributed by atoms with Crippen molar-refractivity contribution in [1.82, 2.24) is 0 Å². The van der Waals surface area contributed by atoms with Gasteiger partial charge < -0.3 is 15.1 Å². The number of rotatable bonds is 4. The molecule has 1 N–H and O–H groups in total. The number of amides is 1. The molecular weight excluding hydrogens is 384 g/mol. The van der Waals surface area contributed by atoms with Gasteiger partial charge in [-0.2, -0.15) is 5.26 Å². The zero-order valence-electron chi connectivity index (χ0n) is 18.3. The Morgan fingerprint density at radius 2 is 1.61 bits per heavy atom. The van der Waals surface area contributed by atoms with E-state index in [0.717, 1.165) is 33.9 Å². The van der Waals surface area contributed by atoms with Crippen LogP contribution in [0.25, 0.3) is 11.1 Å². The van der Waals surface area contributed by atoms with Crippen LogP contribution in [0.3, 0.4) is 0 Å². The SMILES string of the molecule is CC(C)N1c2cc(Nc3cccc(-c4cccc(C#N)c4)c3)ccc2N(C)C(=O)[C@H]1C. The number of nitrogens with zero attached hydrogens (tertiary/aromatic N) is 3. The van der Waals surface area contributed by atoms with Gasteiger partial charge in [0.05, 0.1) is 23.0 Å². The van der Waals surface area contributed by atoms with Gasteiger partial charge in [0.2, 0.25) is 5.91 Å². The van der Waals surface area contributed by atoms with Gasteiger partial charge in [-0.05, 0) is 74.4 Å². The second-order valence-electron chi connectivity index (χ2n) is 8.18. The number of carbonyl (C=O) groups is 1. The van der Waals surface area contributed by atoms with Crippen LogP contribution in [-0.4, -0.2) is 25.0 Å². The van der Waals surface area contributed by atoms with Gasteiger partial charge >= 0.3 is 0 Å². The molecule has 0 bridgehead atoms. The minimum atomic E-state index is -0.205. The van der Waals surface area contributed by atoms with Crippen LogP contribution < -0.4 is 15.1 Å². The number of nitriles is 1. The van der Waals surface area contributed by atoms with Crippen molar-refractivity contribution in [3.8, 4) is 17.2 Å². The quantitative estimate of drug-likeness (QED) is 0.613. The first-order valence-corrected chi connectivity index (χ1v) is 10.5. The van der Waals surface area contributed by atoms with Crippen LogP contribution in [0.4, 0.5) is 22.7 Å². The van der Waals surface area contributed by atoms with Gasteiger partial charge in [-0.1, -0.05) is 24.3 Å². The number of hydrogen-bond acceptors (Lipinski definition) is 4. The summed E-state index contributed by atoms with van der Waals surface area (Å²) in [5.74, 6) is 0.106. The van der Waals surface area contributed by atoms with E-state index in [0.29, 0.717) is 5.56 Å². The van der Waals surface area contributed by atoms with Crippen molar-refractivity contribution in [3.63, 3.8) is 0 Å². The van der Waals surface area contributed by atoms with Crippen LogP contribution in [-0.2, 0) is 4.79 Å². The van der Waals surface area contributed by atoms with E-state index < -0.39 is 0 Å². The summed E-state index contributed by atoms with van der Waals surface area (Å²) in [6, 6.07) is 24.1. The fourth-order valence-electron chi connectivity index (χ4n) is 4.26. The molecule has 3 aromatic rings. The van der Waals surface area contributed by atoms with Crippen molar-refractivity contribution in [2.24, 2.45) is 0 Å². The maximum absolute atomic E-state index is 12.6. The first kappa shape index (κ1) is 20.5. The Bertz CT molecular complexity index is 1180. The minimum absolute atomic E-state index is 0.106. The largest absolute Gasteiger partial charge is 0.356 e. The number of fused-ring (bicyclic) bond motifs is 1. The Morgan fingerprint density at radius 1 is 0.935 bits per heavy atom. The van der Waals surface area contributed by atoms with Crippen molar-refractivity contribution in [2.75, 3.05) is 22.2 Å². The molecule has 0 aromatic heterocycles. The molecule has 1 aliphatic heterocycles. The molecule has 5 heteroatoms. The zero-order chi connectivity index (χ0) is 22.1. The lowest BCUT2D eigenvalue weighted by Crippen LogP contribution is -2.53. The molecular formula is C26H26N4O. The van der Waals surface area contributed by atoms with Crippen LogP contribution in [0, 0.1) is 11.3 Å². The van der Waals surface area contributed by atoms with E-state index >= 15 is 0 Å². The Balaban J connectivity index is 1.67. The molecule has 1 atom stereocenters. The Morgan fingerprint density at radius 3 is 2.32 bits per heavy atom. The minimum Gasteiger partial charge on any atom is -0.356 e. The smallest absolute Gasteiger partial charge is 0.249 e. The summed E-state index contributed by atoms with van der Waals surface area (Å²) < 4.78 is 0. The third kappa shape index (κ3) is 3.85. The summed E-state index contributed by atoms with van der Waals surface area (Å²) in [6.45, 7) is 6.18. The summed E-state index contributed by atoms with van der Waals surface area (Å²) in [5, 5.41) is 12.7. The highest BCUT2D eigenvalue weighted by atomic mass is 16.2. The van der Waals surface area contributed by atoms with Crippen molar-refractivity contribution in [3.05, 3.63) is 72.3 Å². The lowest BCUT2D eigenvalue weighted by molar-refractivity contribution is -0.119. The van der Waals surface area contributed by atoms with E-state index in [4.69, 9.17) is 0 Å². The van der Waals surface area contributed by atoms with E-state index in [2.05, 4.69) is 42.3 Å². The standard InChI is InChI=1S/C26H26N4O/c1-17(2)30-18(3)26(31)29(4)24-12-11-23(15-25(24)30)28-22-10-6-9-21(14-22)20-8-5-7-19(13-20)16-27/h5-15,17-18,28H,1-4H3/t18-/m1/s1. The molecule has 0 spiro atoms. The van der Waals surface area contributed by atoms with E-state index in [1.165, 1.54) is 0 Å². The molecule has 1 heterocycles. The highest BCUT2D eigenvalue weighted by molar-refractivity contribution is 6.05. The molecule has 4 rings (SSSR count). The molecule has 0 unspecified atom stereocenters. The molecule has 0 radical (unpaired) electrons. The summed E-state index contributed by atoms with van der Waals surface area (Å²) in [5.41, 5.74) is 6.59. The molecule has 0 saturated carbocycles. The first-order valence-electron chi connectivity index (χ1n) is 10.5. The normalized spacial score (nSPS) is 15.6.